The number of methoxy groups -OCH3 is 1. The third kappa shape index (κ3) is 6.91. The Morgan fingerprint density at radius 3 is 2.37 bits per heavy atom. The zero-order valence-corrected chi connectivity index (χ0v) is 28.3. The highest BCUT2D eigenvalue weighted by Crippen LogP contribution is 2.40. The van der Waals surface area contributed by atoms with E-state index in [1.54, 1.807) is 24.3 Å². The Hall–Kier alpha value is -4.71. The Balaban J connectivity index is 1.42. The molecule has 0 saturated heterocycles. The Labute approximate surface area is 270 Å². The minimum atomic E-state index is -3.61. The second-order valence-corrected chi connectivity index (χ2v) is 14.6. The summed E-state index contributed by atoms with van der Waals surface area (Å²) in [5.41, 5.74) is 6.27. The van der Waals surface area contributed by atoms with E-state index in [0.29, 0.717) is 17.8 Å². The molecule has 1 aliphatic rings. The van der Waals surface area contributed by atoms with Gasteiger partial charge in [-0.3, -0.25) is 9.52 Å². The molecule has 1 aromatic heterocycles. The molecule has 1 unspecified atom stereocenters. The predicted octanol–water partition coefficient (Wildman–Crippen LogP) is 7.16. The zero-order valence-electron chi connectivity index (χ0n) is 27.5. The number of hydrogen-bond acceptors (Lipinski definition) is 8. The lowest BCUT2D eigenvalue weighted by atomic mass is 9.86. The molecule has 0 radical (unpaired) electrons. The molecule has 1 aliphatic heterocycles. The van der Waals surface area contributed by atoms with Gasteiger partial charge in [0, 0.05) is 11.1 Å². The van der Waals surface area contributed by atoms with Crippen LogP contribution in [0.5, 0.6) is 5.75 Å². The monoisotopic (exact) mass is 643 g/mol. The second-order valence-electron chi connectivity index (χ2n) is 12.9. The van der Waals surface area contributed by atoms with Crippen LogP contribution in [0.1, 0.15) is 79.3 Å². The van der Waals surface area contributed by atoms with Crippen molar-refractivity contribution < 1.29 is 17.9 Å². The van der Waals surface area contributed by atoms with Gasteiger partial charge in [-0.25, -0.2) is 18.1 Å². The highest BCUT2D eigenvalue weighted by Gasteiger charge is 2.30. The van der Waals surface area contributed by atoms with Crippen LogP contribution in [0, 0.1) is 6.92 Å². The van der Waals surface area contributed by atoms with E-state index >= 15 is 0 Å². The lowest BCUT2D eigenvalue weighted by Crippen LogP contribution is -2.20. The number of sulfonamides is 1. The van der Waals surface area contributed by atoms with Gasteiger partial charge in [0.15, 0.2) is 5.75 Å². The number of anilines is 3. The molecule has 1 amide bonds. The number of rotatable bonds is 9. The molecule has 12 heteroatoms. The molecular weight excluding hydrogens is 602 g/mol. The second kappa shape index (κ2) is 12.6. The topological polar surface area (TPSA) is 130 Å². The number of nitrogens with one attached hydrogen (secondary N) is 2. The molecule has 46 heavy (non-hydrogen) atoms. The molecule has 2 heterocycles. The lowest BCUT2D eigenvalue weighted by molar-refractivity contribution is 0.102. The summed E-state index contributed by atoms with van der Waals surface area (Å²) < 4.78 is 34.3. The van der Waals surface area contributed by atoms with Gasteiger partial charge in [-0.2, -0.15) is 10.2 Å². The molecule has 0 fully saturated rings. The van der Waals surface area contributed by atoms with E-state index < -0.39 is 10.0 Å². The van der Waals surface area contributed by atoms with Gasteiger partial charge < -0.3 is 10.1 Å². The lowest BCUT2D eigenvalue weighted by Gasteiger charge is -2.24. The Morgan fingerprint density at radius 2 is 1.74 bits per heavy atom. The Morgan fingerprint density at radius 1 is 1.04 bits per heavy atom. The van der Waals surface area contributed by atoms with Gasteiger partial charge in [0.25, 0.3) is 5.91 Å². The van der Waals surface area contributed by atoms with Crippen LogP contribution in [0.3, 0.4) is 0 Å². The van der Waals surface area contributed by atoms with Crippen molar-refractivity contribution in [3.63, 3.8) is 0 Å². The van der Waals surface area contributed by atoms with Crippen LogP contribution in [-0.4, -0.2) is 44.0 Å². The number of carbonyl (C=O) groups is 1. The number of aryl methyl sites for hydroxylation is 1. The van der Waals surface area contributed by atoms with Crippen molar-refractivity contribution in [2.75, 3.05) is 35.0 Å². The SMILES string of the molecule is COc1c(NC(=O)c2ccc(C)c(N3CC(c4cnn(-c5ccccc5)c4C(C)C)N=N3)c2)cc(C(C)(C)C)cc1NS(C)(=O)=O. The first-order chi connectivity index (χ1) is 21.7. The normalized spacial score (nSPS) is 15.0. The smallest absolute Gasteiger partial charge is 0.255 e. The summed E-state index contributed by atoms with van der Waals surface area (Å²) in [6, 6.07) is 18.7. The van der Waals surface area contributed by atoms with Gasteiger partial charge in [0.1, 0.15) is 6.04 Å². The minimum Gasteiger partial charge on any atom is -0.492 e. The van der Waals surface area contributed by atoms with E-state index in [-0.39, 0.29) is 34.7 Å². The largest absolute Gasteiger partial charge is 0.492 e. The summed E-state index contributed by atoms with van der Waals surface area (Å²) in [5.74, 6) is 0.0415. The van der Waals surface area contributed by atoms with Crippen molar-refractivity contribution in [1.29, 1.82) is 0 Å². The number of carbonyl (C=O) groups excluding carboxylic acids is 1. The number of hydrogen-bond donors (Lipinski definition) is 2. The van der Waals surface area contributed by atoms with E-state index in [4.69, 9.17) is 9.84 Å². The summed E-state index contributed by atoms with van der Waals surface area (Å²) in [6.45, 7) is 12.8. The maximum absolute atomic E-state index is 13.7. The van der Waals surface area contributed by atoms with E-state index in [2.05, 4.69) is 34.2 Å². The van der Waals surface area contributed by atoms with E-state index in [9.17, 15) is 13.2 Å². The van der Waals surface area contributed by atoms with Gasteiger partial charge in [-0.05, 0) is 65.8 Å². The summed E-state index contributed by atoms with van der Waals surface area (Å²) in [6.07, 6.45) is 2.94. The van der Waals surface area contributed by atoms with Gasteiger partial charge in [-0.15, -0.1) is 0 Å². The van der Waals surface area contributed by atoms with E-state index in [1.807, 2.05) is 80.0 Å². The van der Waals surface area contributed by atoms with Crippen LogP contribution in [0.15, 0.2) is 77.2 Å². The maximum Gasteiger partial charge on any atom is 0.255 e. The van der Waals surface area contributed by atoms with Crippen molar-refractivity contribution in [3.05, 3.63) is 94.8 Å². The van der Waals surface area contributed by atoms with Gasteiger partial charge >= 0.3 is 0 Å². The Bertz CT molecular complexity index is 1890. The fourth-order valence-electron chi connectivity index (χ4n) is 5.52. The molecule has 5 rings (SSSR count). The quantitative estimate of drug-likeness (QED) is 0.199. The van der Waals surface area contributed by atoms with Gasteiger partial charge in [0.2, 0.25) is 10.0 Å². The maximum atomic E-state index is 13.7. The molecule has 4 aromatic rings. The standard InChI is InChI=1S/C34H41N7O4S/c1-21(2)31-26(19-35-41(31)25-12-10-9-11-13-25)29-20-40(39-37-29)30-16-23(15-14-22(30)3)33(42)36-27-17-24(34(4,5)6)18-28(32(27)45-7)38-46(8,43)44/h9-19,21,29,38H,20H2,1-8H3,(H,36,42). The molecule has 0 aliphatic carbocycles. The number of aromatic nitrogens is 2. The third-order valence-electron chi connectivity index (χ3n) is 7.84. The van der Waals surface area contributed by atoms with Crippen molar-refractivity contribution >= 4 is 33.0 Å². The van der Waals surface area contributed by atoms with Gasteiger partial charge in [0.05, 0.1) is 54.6 Å². The number of para-hydroxylation sites is 1. The molecule has 3 aromatic carbocycles. The fraction of sp³-hybridized carbons (Fsp3) is 0.353. The fourth-order valence-corrected chi connectivity index (χ4v) is 6.07. The van der Waals surface area contributed by atoms with Crippen molar-refractivity contribution in [1.82, 2.24) is 9.78 Å². The first kappa shape index (κ1) is 32.7. The van der Waals surface area contributed by atoms with Crippen LogP contribution in [-0.2, 0) is 15.4 Å². The highest BCUT2D eigenvalue weighted by molar-refractivity contribution is 7.92. The summed E-state index contributed by atoms with van der Waals surface area (Å²) >= 11 is 0. The average Bonchev–Trinajstić information content (AvgIpc) is 3.64. The van der Waals surface area contributed by atoms with Crippen molar-refractivity contribution in [2.24, 2.45) is 10.3 Å². The summed E-state index contributed by atoms with van der Waals surface area (Å²) in [4.78, 5) is 13.7. The Kier molecular flexibility index (Phi) is 8.94. The first-order valence-electron chi connectivity index (χ1n) is 15.1. The van der Waals surface area contributed by atoms with Crippen molar-refractivity contribution in [2.45, 2.75) is 58.9 Å². The number of ether oxygens (including phenoxy) is 1. The number of benzene rings is 3. The molecular formula is C34H41N7O4S. The third-order valence-corrected chi connectivity index (χ3v) is 8.43. The molecule has 11 nitrogen and oxygen atoms in total. The molecule has 0 bridgehead atoms. The predicted molar refractivity (Wildman–Crippen MR) is 182 cm³/mol. The van der Waals surface area contributed by atoms with Crippen LogP contribution >= 0.6 is 0 Å². The molecule has 2 N–H and O–H groups in total. The van der Waals surface area contributed by atoms with Crippen LogP contribution in [0.25, 0.3) is 5.69 Å². The van der Waals surface area contributed by atoms with E-state index in [0.717, 1.165) is 40.0 Å². The van der Waals surface area contributed by atoms with Crippen LogP contribution < -0.4 is 19.8 Å². The van der Waals surface area contributed by atoms with Crippen LogP contribution in [0.4, 0.5) is 17.1 Å². The summed E-state index contributed by atoms with van der Waals surface area (Å²) in [7, 11) is -2.17. The molecule has 0 saturated carbocycles. The average molecular weight is 644 g/mol. The minimum absolute atomic E-state index is 0.206. The van der Waals surface area contributed by atoms with Crippen molar-refractivity contribution in [3.8, 4) is 11.4 Å². The molecule has 0 spiro atoms. The number of amides is 1. The first-order valence-corrected chi connectivity index (χ1v) is 17.0. The van der Waals surface area contributed by atoms with Crippen LogP contribution in [0.2, 0.25) is 0 Å². The van der Waals surface area contributed by atoms with E-state index in [1.165, 1.54) is 7.11 Å². The molecule has 242 valence electrons. The van der Waals surface area contributed by atoms with Gasteiger partial charge in [-0.1, -0.05) is 64.1 Å². The zero-order chi connectivity index (χ0) is 33.4. The summed E-state index contributed by atoms with van der Waals surface area (Å²) in [5, 5.41) is 18.6. The molecule has 1 atom stereocenters. The highest BCUT2D eigenvalue weighted by atomic mass is 32.2. The number of nitrogens with zero attached hydrogens (tertiary/aromatic N) is 5.